The summed E-state index contributed by atoms with van der Waals surface area (Å²) in [6.45, 7) is 0. The normalized spacial score (nSPS) is 16.7. The summed E-state index contributed by atoms with van der Waals surface area (Å²) in [4.78, 5) is 49.8. The van der Waals surface area contributed by atoms with E-state index in [1.54, 1.807) is 66.7 Å². The SMILES string of the molecule is O=C(O)C(CCCC(F)(F)F)C(CCC(F)(F)F)C(=O)NC1N=C(c2ccccc2)c2ccccc2N(c2ccccn2)C1=O. The molecule has 2 N–H and O–H groups in total. The molecule has 1 aliphatic heterocycles. The van der Waals surface area contributed by atoms with E-state index in [4.69, 9.17) is 0 Å². The quantitative estimate of drug-likeness (QED) is 0.236. The van der Waals surface area contributed by atoms with Crippen molar-refractivity contribution < 1.29 is 45.8 Å². The second-order valence-electron chi connectivity index (χ2n) is 10.3. The number of benzodiazepines with no additional fused rings is 1. The molecule has 0 radical (unpaired) electrons. The maximum atomic E-state index is 14.1. The van der Waals surface area contributed by atoms with Crippen LogP contribution >= 0.6 is 0 Å². The molecule has 0 fully saturated rings. The lowest BCUT2D eigenvalue weighted by Crippen LogP contribution is -2.49. The van der Waals surface area contributed by atoms with Gasteiger partial charge < -0.3 is 10.4 Å². The fourth-order valence-electron chi connectivity index (χ4n) is 5.10. The molecule has 0 spiro atoms. The summed E-state index contributed by atoms with van der Waals surface area (Å²) in [5, 5.41) is 12.1. The minimum atomic E-state index is -4.79. The van der Waals surface area contributed by atoms with Gasteiger partial charge in [0.2, 0.25) is 12.1 Å². The number of carboxylic acids is 1. The molecule has 1 aliphatic rings. The van der Waals surface area contributed by atoms with Gasteiger partial charge in [-0.1, -0.05) is 54.6 Å². The number of anilines is 2. The molecule has 14 heteroatoms. The minimum Gasteiger partial charge on any atom is -0.481 e. The number of carboxylic acid groups (broad SMARTS) is 1. The van der Waals surface area contributed by atoms with Crippen molar-refractivity contribution in [1.29, 1.82) is 0 Å². The number of hydrogen-bond acceptors (Lipinski definition) is 5. The number of halogens is 6. The second-order valence-corrected chi connectivity index (χ2v) is 10.3. The molecule has 0 aliphatic carbocycles. The Balaban J connectivity index is 1.77. The fourth-order valence-corrected chi connectivity index (χ4v) is 5.10. The van der Waals surface area contributed by atoms with Crippen LogP contribution in [-0.2, 0) is 14.4 Å². The maximum absolute atomic E-state index is 14.1. The van der Waals surface area contributed by atoms with Gasteiger partial charge in [0.05, 0.1) is 23.2 Å². The van der Waals surface area contributed by atoms with E-state index in [0.29, 0.717) is 16.8 Å². The van der Waals surface area contributed by atoms with Crippen molar-refractivity contribution in [3.63, 3.8) is 0 Å². The van der Waals surface area contributed by atoms with Crippen LogP contribution in [0, 0.1) is 11.8 Å². The summed E-state index contributed by atoms with van der Waals surface area (Å²) in [7, 11) is 0. The lowest BCUT2D eigenvalue weighted by atomic mass is 9.83. The van der Waals surface area contributed by atoms with Crippen LogP contribution in [0.5, 0.6) is 0 Å². The number of amides is 2. The molecular formula is C31H28F6N4O4. The zero-order chi connectivity index (χ0) is 32.8. The maximum Gasteiger partial charge on any atom is 0.389 e. The largest absolute Gasteiger partial charge is 0.481 e. The molecule has 1 aromatic heterocycles. The van der Waals surface area contributed by atoms with E-state index in [1.165, 1.54) is 17.2 Å². The van der Waals surface area contributed by atoms with Gasteiger partial charge in [-0.3, -0.25) is 19.3 Å². The number of aromatic nitrogens is 1. The summed E-state index contributed by atoms with van der Waals surface area (Å²) < 4.78 is 78.1. The third-order valence-electron chi connectivity index (χ3n) is 7.17. The first kappa shape index (κ1) is 33.1. The number of nitrogens with zero attached hydrogens (tertiary/aromatic N) is 3. The van der Waals surface area contributed by atoms with Crippen molar-refractivity contribution >= 4 is 35.0 Å². The number of aliphatic imine (C=N–C) groups is 1. The van der Waals surface area contributed by atoms with Crippen molar-refractivity contribution in [2.24, 2.45) is 16.8 Å². The van der Waals surface area contributed by atoms with Crippen molar-refractivity contribution in [3.8, 4) is 0 Å². The number of benzene rings is 2. The molecule has 0 bridgehead atoms. The fraction of sp³-hybridized carbons (Fsp3) is 0.323. The summed E-state index contributed by atoms with van der Waals surface area (Å²) in [6.07, 6.45) is -15.2. The first-order valence-electron chi connectivity index (χ1n) is 13.9. The molecule has 45 heavy (non-hydrogen) atoms. The van der Waals surface area contributed by atoms with Gasteiger partial charge in [-0.15, -0.1) is 0 Å². The molecule has 0 saturated carbocycles. The number of fused-ring (bicyclic) bond motifs is 1. The van der Waals surface area contributed by atoms with E-state index in [0.717, 1.165) is 0 Å². The van der Waals surface area contributed by atoms with Crippen molar-refractivity contribution in [3.05, 3.63) is 90.1 Å². The Morgan fingerprint density at radius 2 is 1.49 bits per heavy atom. The lowest BCUT2D eigenvalue weighted by Gasteiger charge is -2.27. The van der Waals surface area contributed by atoms with E-state index in [-0.39, 0.29) is 11.5 Å². The molecule has 238 valence electrons. The Bertz CT molecular complexity index is 1530. The minimum absolute atomic E-state index is 0.142. The Hall–Kier alpha value is -4.75. The average molecular weight is 635 g/mol. The number of pyridine rings is 1. The van der Waals surface area contributed by atoms with Crippen LogP contribution in [0.1, 0.15) is 43.2 Å². The van der Waals surface area contributed by atoms with Gasteiger partial charge in [-0.2, -0.15) is 26.3 Å². The monoisotopic (exact) mass is 634 g/mol. The van der Waals surface area contributed by atoms with E-state index in [2.05, 4.69) is 15.3 Å². The molecule has 2 aromatic carbocycles. The van der Waals surface area contributed by atoms with Crippen molar-refractivity contribution in [1.82, 2.24) is 10.3 Å². The molecule has 3 aromatic rings. The van der Waals surface area contributed by atoms with E-state index in [9.17, 15) is 45.8 Å². The van der Waals surface area contributed by atoms with Crippen LogP contribution < -0.4 is 10.2 Å². The second kappa shape index (κ2) is 13.9. The van der Waals surface area contributed by atoms with Gasteiger partial charge in [0.1, 0.15) is 5.82 Å². The van der Waals surface area contributed by atoms with E-state index >= 15 is 0 Å². The summed E-state index contributed by atoms with van der Waals surface area (Å²) in [6, 6.07) is 20.0. The van der Waals surface area contributed by atoms with Crippen molar-refractivity contribution in [2.45, 2.75) is 50.6 Å². The molecule has 3 atom stereocenters. The molecule has 2 amide bonds. The van der Waals surface area contributed by atoms with Crippen LogP contribution in [0.4, 0.5) is 37.8 Å². The summed E-state index contributed by atoms with van der Waals surface area (Å²) in [5.41, 5.74) is 1.58. The van der Waals surface area contributed by atoms with Crippen LogP contribution in [0.2, 0.25) is 0 Å². The number of carbonyl (C=O) groups excluding carboxylic acids is 2. The molecule has 0 saturated heterocycles. The first-order chi connectivity index (χ1) is 21.2. The van der Waals surface area contributed by atoms with Gasteiger partial charge >= 0.3 is 18.3 Å². The third-order valence-corrected chi connectivity index (χ3v) is 7.17. The number of para-hydroxylation sites is 1. The smallest absolute Gasteiger partial charge is 0.389 e. The summed E-state index contributed by atoms with van der Waals surface area (Å²) in [5.74, 6) is -7.52. The van der Waals surface area contributed by atoms with E-state index in [1.807, 2.05) is 0 Å². The Morgan fingerprint density at radius 3 is 2.11 bits per heavy atom. The highest BCUT2D eigenvalue weighted by atomic mass is 19.4. The number of alkyl halides is 6. The zero-order valence-electron chi connectivity index (χ0n) is 23.6. The zero-order valence-corrected chi connectivity index (χ0v) is 23.6. The van der Waals surface area contributed by atoms with E-state index < -0.39 is 80.2 Å². The van der Waals surface area contributed by atoms with Crippen LogP contribution in [0.15, 0.2) is 84.0 Å². The van der Waals surface area contributed by atoms with Gasteiger partial charge in [0.15, 0.2) is 0 Å². The predicted octanol–water partition coefficient (Wildman–Crippen LogP) is 6.43. The number of carbonyl (C=O) groups is 3. The molecular weight excluding hydrogens is 606 g/mol. The number of aliphatic carboxylic acids is 1. The van der Waals surface area contributed by atoms with Gasteiger partial charge in [0, 0.05) is 30.2 Å². The predicted molar refractivity (Wildman–Crippen MR) is 152 cm³/mol. The summed E-state index contributed by atoms with van der Waals surface area (Å²) >= 11 is 0. The molecule has 4 rings (SSSR count). The highest BCUT2D eigenvalue weighted by Gasteiger charge is 2.41. The van der Waals surface area contributed by atoms with Gasteiger partial charge in [0.25, 0.3) is 5.91 Å². The highest BCUT2D eigenvalue weighted by molar-refractivity contribution is 6.21. The Kier molecular flexibility index (Phi) is 10.2. The highest BCUT2D eigenvalue weighted by Crippen LogP contribution is 2.35. The van der Waals surface area contributed by atoms with Gasteiger partial charge in [-0.25, -0.2) is 9.98 Å². The number of rotatable bonds is 11. The van der Waals surface area contributed by atoms with Crippen LogP contribution in [0.25, 0.3) is 0 Å². The topological polar surface area (TPSA) is 112 Å². The molecule has 8 nitrogen and oxygen atoms in total. The first-order valence-corrected chi connectivity index (χ1v) is 13.9. The number of nitrogens with one attached hydrogen (secondary N) is 1. The van der Waals surface area contributed by atoms with Gasteiger partial charge in [-0.05, 0) is 37.5 Å². The molecule has 2 heterocycles. The average Bonchev–Trinajstić information content (AvgIpc) is 3.10. The van der Waals surface area contributed by atoms with Crippen LogP contribution in [-0.4, -0.2) is 52.1 Å². The third kappa shape index (κ3) is 8.67. The standard InChI is InChI=1S/C31H28F6N4O4/c32-30(33,34)16-8-12-21(29(44)45)20(15-17-31(35,36)37)27(42)40-26-28(43)41(24-14-6-7-18-38-24)23-13-5-4-11-22(23)25(39-26)19-9-2-1-3-10-19/h1-7,9-11,13-14,18,20-21,26H,8,12,15-17H2,(H,40,42)(H,44,45). The van der Waals surface area contributed by atoms with Crippen molar-refractivity contribution in [2.75, 3.05) is 4.90 Å². The molecule has 3 unspecified atom stereocenters. The Labute approximate surface area is 253 Å². The van der Waals surface area contributed by atoms with Crippen LogP contribution in [0.3, 0.4) is 0 Å². The Morgan fingerprint density at radius 1 is 0.844 bits per heavy atom. The lowest BCUT2D eigenvalue weighted by molar-refractivity contribution is -0.155. The number of hydrogen-bond donors (Lipinski definition) is 2.